The van der Waals surface area contributed by atoms with E-state index in [9.17, 15) is 0 Å². The van der Waals surface area contributed by atoms with E-state index in [1.165, 1.54) is 0 Å². The monoisotopic (exact) mass is 218 g/mol. The zero-order chi connectivity index (χ0) is 7.72. The first-order valence-corrected chi connectivity index (χ1v) is 3.95. The van der Waals surface area contributed by atoms with Gasteiger partial charge in [0, 0.05) is 4.47 Å². The molecule has 0 aliphatic heterocycles. The third-order valence-corrected chi connectivity index (χ3v) is 2.01. The van der Waals surface area contributed by atoms with Crippen LogP contribution in [-0.4, -0.2) is 0 Å². The summed E-state index contributed by atoms with van der Waals surface area (Å²) < 4.78 is 0.922. The second-order valence-corrected chi connectivity index (χ2v) is 3.40. The van der Waals surface area contributed by atoms with Gasteiger partial charge >= 0.3 is 0 Å². The van der Waals surface area contributed by atoms with Gasteiger partial charge in [0.15, 0.2) is 0 Å². The molecular formula is C7H6BrClN. The van der Waals surface area contributed by atoms with Crippen molar-refractivity contribution in [3.8, 4) is 0 Å². The molecular weight excluding hydrogens is 213 g/mol. The molecule has 0 bridgehead atoms. The van der Waals surface area contributed by atoms with E-state index in [1.54, 1.807) is 6.07 Å². The molecule has 0 heterocycles. The summed E-state index contributed by atoms with van der Waals surface area (Å²) in [6, 6.07) is 3.59. The van der Waals surface area contributed by atoms with Crippen molar-refractivity contribution in [3.05, 3.63) is 27.2 Å². The highest BCUT2D eigenvalue weighted by molar-refractivity contribution is 9.10. The van der Waals surface area contributed by atoms with E-state index >= 15 is 0 Å². The molecule has 0 aliphatic rings. The smallest absolute Gasteiger partial charge is 0.0756 e. The van der Waals surface area contributed by atoms with Gasteiger partial charge in [-0.25, -0.2) is 0 Å². The second kappa shape index (κ2) is 2.81. The molecule has 1 aromatic carbocycles. The molecule has 1 radical (unpaired) electrons. The Bertz CT molecular complexity index is 237. The molecule has 0 fully saturated rings. The van der Waals surface area contributed by atoms with Crippen molar-refractivity contribution in [1.82, 2.24) is 5.73 Å². The lowest BCUT2D eigenvalue weighted by atomic mass is 10.2. The fourth-order valence-corrected chi connectivity index (χ4v) is 1.67. The summed E-state index contributed by atoms with van der Waals surface area (Å²) in [5, 5.41) is 0.492. The Hall–Kier alpha value is -0.210. The number of hydrogen-bond acceptors (Lipinski definition) is 0. The predicted octanol–water partition coefficient (Wildman–Crippen LogP) is 3.33. The zero-order valence-electron chi connectivity index (χ0n) is 5.41. The number of rotatable bonds is 0. The maximum Gasteiger partial charge on any atom is 0.0756 e. The third kappa shape index (κ3) is 1.44. The van der Waals surface area contributed by atoms with Gasteiger partial charge in [0.05, 0.1) is 10.7 Å². The molecule has 0 aromatic heterocycles. The van der Waals surface area contributed by atoms with Gasteiger partial charge in [0.1, 0.15) is 0 Å². The van der Waals surface area contributed by atoms with Gasteiger partial charge in [-0.15, -0.1) is 0 Å². The molecule has 0 amide bonds. The summed E-state index contributed by atoms with van der Waals surface area (Å²) in [5.41, 5.74) is 8.68. The van der Waals surface area contributed by atoms with Crippen LogP contribution >= 0.6 is 27.5 Å². The van der Waals surface area contributed by atoms with Crippen LogP contribution in [0.5, 0.6) is 0 Å². The predicted molar refractivity (Wildman–Crippen MR) is 46.6 cm³/mol. The first-order chi connectivity index (χ1) is 4.61. The second-order valence-electron chi connectivity index (χ2n) is 2.08. The van der Waals surface area contributed by atoms with Crippen LogP contribution in [0.1, 0.15) is 5.56 Å². The van der Waals surface area contributed by atoms with Gasteiger partial charge in [-0.1, -0.05) is 27.5 Å². The number of nitrogens with one attached hydrogen (secondary N) is 1. The van der Waals surface area contributed by atoms with E-state index in [2.05, 4.69) is 15.9 Å². The Labute approximate surface area is 73.3 Å². The minimum Gasteiger partial charge on any atom is -0.299 e. The fourth-order valence-electron chi connectivity index (χ4n) is 0.702. The average Bonchev–Trinajstić information content (AvgIpc) is 1.82. The Morgan fingerprint density at radius 3 is 2.60 bits per heavy atom. The van der Waals surface area contributed by atoms with Crippen LogP contribution in [0.4, 0.5) is 5.69 Å². The highest BCUT2D eigenvalue weighted by Gasteiger charge is 2.00. The zero-order valence-corrected chi connectivity index (χ0v) is 7.75. The van der Waals surface area contributed by atoms with Crippen LogP contribution in [0.25, 0.3) is 0 Å². The minimum absolute atomic E-state index is 0.407. The number of benzene rings is 1. The molecule has 0 atom stereocenters. The molecule has 0 aliphatic carbocycles. The summed E-state index contributed by atoms with van der Waals surface area (Å²) in [4.78, 5) is 0. The van der Waals surface area contributed by atoms with E-state index in [4.69, 9.17) is 17.3 Å². The summed E-state index contributed by atoms with van der Waals surface area (Å²) in [5.74, 6) is 0. The summed E-state index contributed by atoms with van der Waals surface area (Å²) >= 11 is 8.98. The molecule has 1 aromatic rings. The van der Waals surface area contributed by atoms with E-state index < -0.39 is 0 Å². The van der Waals surface area contributed by atoms with Crippen molar-refractivity contribution in [1.29, 1.82) is 0 Å². The molecule has 10 heavy (non-hydrogen) atoms. The fraction of sp³-hybridized carbons (Fsp3) is 0.143. The van der Waals surface area contributed by atoms with E-state index in [0.29, 0.717) is 10.7 Å². The van der Waals surface area contributed by atoms with Gasteiger partial charge in [0.25, 0.3) is 0 Å². The quantitative estimate of drug-likeness (QED) is 0.639. The lowest BCUT2D eigenvalue weighted by molar-refractivity contribution is 1.36. The topological polar surface area (TPSA) is 23.8 Å². The van der Waals surface area contributed by atoms with Crippen molar-refractivity contribution >= 4 is 33.2 Å². The van der Waals surface area contributed by atoms with Crippen molar-refractivity contribution in [2.45, 2.75) is 6.92 Å². The Kier molecular flexibility index (Phi) is 2.21. The number of halogens is 2. The van der Waals surface area contributed by atoms with E-state index in [-0.39, 0.29) is 0 Å². The van der Waals surface area contributed by atoms with Crippen LogP contribution in [-0.2, 0) is 0 Å². The van der Waals surface area contributed by atoms with Crippen LogP contribution in [0.15, 0.2) is 16.6 Å². The summed E-state index contributed by atoms with van der Waals surface area (Å²) in [6.07, 6.45) is 0. The molecule has 0 saturated heterocycles. The lowest BCUT2D eigenvalue weighted by Crippen LogP contribution is -1.79. The van der Waals surface area contributed by atoms with E-state index in [0.717, 1.165) is 10.0 Å². The Morgan fingerprint density at radius 1 is 1.50 bits per heavy atom. The molecule has 53 valence electrons. The Balaban J connectivity index is 3.31. The van der Waals surface area contributed by atoms with Crippen LogP contribution < -0.4 is 5.73 Å². The van der Waals surface area contributed by atoms with Gasteiger partial charge in [-0.05, 0) is 24.6 Å². The third-order valence-electron chi connectivity index (χ3n) is 1.25. The number of hydrogen-bond donors (Lipinski definition) is 0. The largest absolute Gasteiger partial charge is 0.299 e. The highest BCUT2D eigenvalue weighted by atomic mass is 79.9. The van der Waals surface area contributed by atoms with Gasteiger partial charge in [-0.3, -0.25) is 5.73 Å². The molecule has 3 heteroatoms. The molecule has 1 rings (SSSR count). The molecule has 1 N–H and O–H groups in total. The van der Waals surface area contributed by atoms with E-state index in [1.807, 2.05) is 13.0 Å². The van der Waals surface area contributed by atoms with Crippen LogP contribution in [0.2, 0.25) is 5.02 Å². The lowest BCUT2D eigenvalue weighted by Gasteiger charge is -2.00. The molecule has 0 spiro atoms. The maximum atomic E-state index is 7.39. The van der Waals surface area contributed by atoms with Gasteiger partial charge < -0.3 is 0 Å². The van der Waals surface area contributed by atoms with Gasteiger partial charge in [-0.2, -0.15) is 0 Å². The highest BCUT2D eigenvalue weighted by Crippen LogP contribution is 2.27. The molecule has 0 saturated carbocycles. The SMILES string of the molecule is Cc1cc(Br)cc(Cl)c1[NH]. The minimum atomic E-state index is 0.407. The van der Waals surface area contributed by atoms with Crippen molar-refractivity contribution in [3.63, 3.8) is 0 Å². The average molecular weight is 219 g/mol. The van der Waals surface area contributed by atoms with Crippen molar-refractivity contribution < 1.29 is 0 Å². The standard InChI is InChI=1S/C7H6BrClN/c1-4-2-5(8)3-6(9)7(4)10/h2-3,10H,1H3. The molecule has 0 unspecified atom stereocenters. The normalized spacial score (nSPS) is 9.90. The maximum absolute atomic E-state index is 7.39. The summed E-state index contributed by atoms with van der Waals surface area (Å²) in [7, 11) is 0. The van der Waals surface area contributed by atoms with Crippen molar-refractivity contribution in [2.24, 2.45) is 0 Å². The Morgan fingerprint density at radius 2 is 2.10 bits per heavy atom. The first-order valence-electron chi connectivity index (χ1n) is 2.78. The van der Waals surface area contributed by atoms with Gasteiger partial charge in [0.2, 0.25) is 0 Å². The van der Waals surface area contributed by atoms with Crippen LogP contribution in [0.3, 0.4) is 0 Å². The van der Waals surface area contributed by atoms with Crippen molar-refractivity contribution in [2.75, 3.05) is 0 Å². The number of aryl methyl sites for hydroxylation is 1. The summed E-state index contributed by atoms with van der Waals surface area (Å²) in [6.45, 7) is 1.86. The molecule has 1 nitrogen and oxygen atoms in total. The van der Waals surface area contributed by atoms with Crippen LogP contribution in [0, 0.1) is 6.92 Å². The first kappa shape index (κ1) is 7.89.